The van der Waals surface area contributed by atoms with Crippen molar-refractivity contribution in [3.8, 4) is 0 Å². The zero-order valence-corrected chi connectivity index (χ0v) is 16.3. The Morgan fingerprint density at radius 1 is 1.21 bits per heavy atom. The van der Waals surface area contributed by atoms with Gasteiger partial charge in [0.2, 0.25) is 5.91 Å². The summed E-state index contributed by atoms with van der Waals surface area (Å²) < 4.78 is 19.0. The summed E-state index contributed by atoms with van der Waals surface area (Å²) in [5.41, 5.74) is 3.60. The molecule has 0 spiro atoms. The van der Waals surface area contributed by atoms with Crippen LogP contribution in [0.15, 0.2) is 48.5 Å². The molecule has 0 radical (unpaired) electrons. The van der Waals surface area contributed by atoms with Gasteiger partial charge in [0.15, 0.2) is 0 Å². The zero-order valence-electron chi connectivity index (χ0n) is 16.3. The van der Waals surface area contributed by atoms with Crippen LogP contribution in [0, 0.1) is 5.82 Å². The van der Waals surface area contributed by atoms with Gasteiger partial charge in [-0.2, -0.15) is 0 Å². The molecular formula is C23H27FN2O2. The first-order valence-corrected chi connectivity index (χ1v) is 10.0. The highest BCUT2D eigenvalue weighted by atomic mass is 19.1. The Bertz CT molecular complexity index is 824. The summed E-state index contributed by atoms with van der Waals surface area (Å²) in [7, 11) is 1.92. The molecule has 1 aliphatic carbocycles. The van der Waals surface area contributed by atoms with E-state index in [1.165, 1.54) is 23.3 Å². The number of rotatable bonds is 4. The number of fused-ring (bicyclic) bond motifs is 1. The van der Waals surface area contributed by atoms with Gasteiger partial charge in [-0.05, 0) is 48.1 Å². The Labute approximate surface area is 165 Å². The molecule has 148 valence electrons. The largest absolute Gasteiger partial charge is 0.371 e. The van der Waals surface area contributed by atoms with Crippen molar-refractivity contribution < 1.29 is 13.9 Å². The second kappa shape index (κ2) is 8.41. The molecule has 28 heavy (non-hydrogen) atoms. The van der Waals surface area contributed by atoms with Crippen LogP contribution >= 0.6 is 0 Å². The maximum atomic E-state index is 13.2. The molecule has 1 fully saturated rings. The lowest BCUT2D eigenvalue weighted by Gasteiger charge is -2.37. The summed E-state index contributed by atoms with van der Waals surface area (Å²) in [6, 6.07) is 15.1. The number of carbonyl (C=O) groups is 1. The molecular weight excluding hydrogens is 355 g/mol. The van der Waals surface area contributed by atoms with Gasteiger partial charge < -0.3 is 9.64 Å². The van der Waals surface area contributed by atoms with Crippen molar-refractivity contribution in [2.75, 3.05) is 33.3 Å². The minimum atomic E-state index is -0.249. The van der Waals surface area contributed by atoms with Gasteiger partial charge in [0.1, 0.15) is 5.82 Å². The van der Waals surface area contributed by atoms with Crippen LogP contribution in [0.5, 0.6) is 0 Å². The van der Waals surface area contributed by atoms with Crippen LogP contribution < -0.4 is 0 Å². The lowest BCUT2D eigenvalue weighted by molar-refractivity contribution is -0.135. The van der Waals surface area contributed by atoms with Gasteiger partial charge in [0.05, 0.1) is 25.3 Å². The average molecular weight is 382 g/mol. The molecule has 1 amide bonds. The first kappa shape index (κ1) is 19.1. The molecule has 0 bridgehead atoms. The van der Waals surface area contributed by atoms with Crippen LogP contribution in [-0.2, 0) is 16.0 Å². The fraction of sp³-hybridized carbons (Fsp3) is 0.435. The molecule has 0 saturated carbocycles. The minimum Gasteiger partial charge on any atom is -0.371 e. The van der Waals surface area contributed by atoms with Gasteiger partial charge in [-0.1, -0.05) is 36.4 Å². The van der Waals surface area contributed by atoms with Crippen molar-refractivity contribution in [3.05, 3.63) is 71.0 Å². The Morgan fingerprint density at radius 2 is 2.00 bits per heavy atom. The van der Waals surface area contributed by atoms with E-state index in [1.54, 1.807) is 12.1 Å². The number of amides is 1. The number of morpholine rings is 1. The zero-order chi connectivity index (χ0) is 19.5. The number of likely N-dealkylation sites (N-methyl/N-ethyl adjacent to an activating group) is 1. The molecule has 5 heteroatoms. The standard InChI is InChI=1S/C23H27FN2O2/c1-25(21-8-4-6-17-5-2-3-7-20(17)21)23(27)16-26-13-14-28-22(15-26)18-9-11-19(24)12-10-18/h2-3,5,7,9-12,21-22H,4,6,8,13-16H2,1H3/t21-,22-/m0/s1. The summed E-state index contributed by atoms with van der Waals surface area (Å²) in [4.78, 5) is 17.1. The second-order valence-corrected chi connectivity index (χ2v) is 7.76. The number of nitrogens with zero attached hydrogens (tertiary/aromatic N) is 2. The summed E-state index contributed by atoms with van der Waals surface area (Å²) in [5, 5.41) is 0. The van der Waals surface area contributed by atoms with E-state index in [0.29, 0.717) is 19.7 Å². The smallest absolute Gasteiger partial charge is 0.237 e. The van der Waals surface area contributed by atoms with Gasteiger partial charge in [0.25, 0.3) is 0 Å². The molecule has 1 heterocycles. The van der Waals surface area contributed by atoms with Gasteiger partial charge in [-0.25, -0.2) is 4.39 Å². The Morgan fingerprint density at radius 3 is 2.82 bits per heavy atom. The molecule has 0 N–H and O–H groups in total. The lowest BCUT2D eigenvalue weighted by Crippen LogP contribution is -2.45. The summed E-state index contributed by atoms with van der Waals surface area (Å²) >= 11 is 0. The van der Waals surface area contributed by atoms with Gasteiger partial charge in [0, 0.05) is 20.1 Å². The molecule has 4 rings (SSSR count). The first-order chi connectivity index (χ1) is 13.6. The van der Waals surface area contributed by atoms with E-state index in [0.717, 1.165) is 31.4 Å². The van der Waals surface area contributed by atoms with E-state index < -0.39 is 0 Å². The Balaban J connectivity index is 1.40. The molecule has 1 saturated heterocycles. The predicted molar refractivity (Wildman–Crippen MR) is 106 cm³/mol. The van der Waals surface area contributed by atoms with Crippen LogP contribution in [0.3, 0.4) is 0 Å². The number of hydrogen-bond acceptors (Lipinski definition) is 3. The maximum absolute atomic E-state index is 13.2. The summed E-state index contributed by atoms with van der Waals surface area (Å²) in [6.07, 6.45) is 3.10. The third-order valence-electron chi connectivity index (χ3n) is 5.95. The minimum absolute atomic E-state index is 0.122. The molecule has 2 atom stereocenters. The highest BCUT2D eigenvalue weighted by Gasteiger charge is 2.29. The topological polar surface area (TPSA) is 32.8 Å². The average Bonchev–Trinajstić information content (AvgIpc) is 2.73. The second-order valence-electron chi connectivity index (χ2n) is 7.76. The maximum Gasteiger partial charge on any atom is 0.237 e. The third kappa shape index (κ3) is 4.10. The van der Waals surface area contributed by atoms with Crippen LogP contribution in [0.1, 0.15) is 41.7 Å². The van der Waals surface area contributed by atoms with E-state index in [1.807, 2.05) is 11.9 Å². The van der Waals surface area contributed by atoms with Crippen molar-refractivity contribution in [2.45, 2.75) is 31.4 Å². The highest BCUT2D eigenvalue weighted by molar-refractivity contribution is 5.78. The van der Waals surface area contributed by atoms with Crippen LogP contribution in [-0.4, -0.2) is 49.0 Å². The summed E-state index contributed by atoms with van der Waals surface area (Å²) in [6.45, 7) is 2.34. The molecule has 2 aromatic rings. The fourth-order valence-electron chi connectivity index (χ4n) is 4.33. The fourth-order valence-corrected chi connectivity index (χ4v) is 4.33. The van der Waals surface area contributed by atoms with E-state index >= 15 is 0 Å². The van der Waals surface area contributed by atoms with Crippen molar-refractivity contribution in [1.29, 1.82) is 0 Å². The van der Waals surface area contributed by atoms with E-state index in [2.05, 4.69) is 29.2 Å². The highest BCUT2D eigenvalue weighted by Crippen LogP contribution is 2.33. The van der Waals surface area contributed by atoms with Gasteiger partial charge in [-0.3, -0.25) is 9.69 Å². The molecule has 0 unspecified atom stereocenters. The van der Waals surface area contributed by atoms with E-state index in [9.17, 15) is 9.18 Å². The molecule has 2 aromatic carbocycles. The van der Waals surface area contributed by atoms with Crippen LogP contribution in [0.4, 0.5) is 4.39 Å². The Hall–Kier alpha value is -2.24. The predicted octanol–water partition coefficient (Wildman–Crippen LogP) is 3.74. The van der Waals surface area contributed by atoms with E-state index in [-0.39, 0.29) is 23.9 Å². The lowest BCUT2D eigenvalue weighted by atomic mass is 9.87. The molecule has 2 aliphatic rings. The Kier molecular flexibility index (Phi) is 5.74. The number of carbonyl (C=O) groups excluding carboxylic acids is 1. The number of benzene rings is 2. The monoisotopic (exact) mass is 382 g/mol. The van der Waals surface area contributed by atoms with Gasteiger partial charge >= 0.3 is 0 Å². The number of hydrogen-bond donors (Lipinski definition) is 0. The van der Waals surface area contributed by atoms with Gasteiger partial charge in [-0.15, -0.1) is 0 Å². The molecule has 1 aliphatic heterocycles. The summed E-state index contributed by atoms with van der Waals surface area (Å²) in [5.74, 6) is -0.109. The van der Waals surface area contributed by atoms with Crippen molar-refractivity contribution >= 4 is 5.91 Å². The number of ether oxygens (including phenoxy) is 1. The number of halogens is 1. The number of aryl methyl sites for hydroxylation is 1. The van der Waals surface area contributed by atoms with Crippen LogP contribution in [0.2, 0.25) is 0 Å². The quantitative estimate of drug-likeness (QED) is 0.808. The van der Waals surface area contributed by atoms with Crippen LogP contribution in [0.25, 0.3) is 0 Å². The van der Waals surface area contributed by atoms with Crippen molar-refractivity contribution in [1.82, 2.24) is 9.80 Å². The normalized spacial score (nSPS) is 22.5. The van der Waals surface area contributed by atoms with Crippen molar-refractivity contribution in [2.24, 2.45) is 0 Å². The third-order valence-corrected chi connectivity index (χ3v) is 5.95. The van der Waals surface area contributed by atoms with E-state index in [4.69, 9.17) is 4.74 Å². The molecule has 4 nitrogen and oxygen atoms in total. The van der Waals surface area contributed by atoms with Crippen molar-refractivity contribution in [3.63, 3.8) is 0 Å². The molecule has 0 aromatic heterocycles. The SMILES string of the molecule is CN(C(=O)CN1CCO[C@H](c2ccc(F)cc2)C1)[C@H]1CCCc2ccccc21. The first-order valence-electron chi connectivity index (χ1n) is 10.0.